The molecule has 0 aliphatic carbocycles. The fraction of sp³-hybridized carbons (Fsp3) is 0.619. The summed E-state index contributed by atoms with van der Waals surface area (Å²) in [5, 5.41) is 0. The number of fused-ring (bicyclic) bond motifs is 1. The molecule has 0 atom stereocenters. The first kappa shape index (κ1) is 22.5. The lowest BCUT2D eigenvalue weighted by Gasteiger charge is -2.05. The SMILES string of the molecule is CCCCCCCCCCOC(=O)Cn1c(C)[n+](C)c2ccccc21.[Cl-]. The van der Waals surface area contributed by atoms with E-state index in [1.54, 1.807) is 0 Å². The molecule has 26 heavy (non-hydrogen) atoms. The molecular weight excluding hydrogens is 348 g/mol. The van der Waals surface area contributed by atoms with E-state index >= 15 is 0 Å². The van der Waals surface area contributed by atoms with Crippen molar-refractivity contribution < 1.29 is 26.5 Å². The van der Waals surface area contributed by atoms with E-state index in [1.807, 2.05) is 36.7 Å². The number of hydrogen-bond acceptors (Lipinski definition) is 2. The first-order valence-electron chi connectivity index (χ1n) is 9.74. The van der Waals surface area contributed by atoms with Gasteiger partial charge in [-0.05, 0) is 18.6 Å². The van der Waals surface area contributed by atoms with Gasteiger partial charge >= 0.3 is 5.97 Å². The molecule has 0 radical (unpaired) electrons. The maximum atomic E-state index is 12.2. The predicted octanol–water partition coefficient (Wildman–Crippen LogP) is 1.46. The van der Waals surface area contributed by atoms with E-state index in [0.717, 1.165) is 29.7 Å². The third kappa shape index (κ3) is 6.31. The second kappa shape index (κ2) is 11.9. The molecule has 2 rings (SSSR count). The lowest BCUT2D eigenvalue weighted by molar-refractivity contribution is -0.652. The Balaban J connectivity index is 0.00000338. The van der Waals surface area contributed by atoms with Gasteiger partial charge in [0.2, 0.25) is 0 Å². The monoisotopic (exact) mass is 380 g/mol. The molecule has 0 aliphatic heterocycles. The van der Waals surface area contributed by atoms with Crippen molar-refractivity contribution >= 4 is 17.0 Å². The number of nitrogens with zero attached hydrogens (tertiary/aromatic N) is 2. The number of esters is 1. The van der Waals surface area contributed by atoms with Gasteiger partial charge in [-0.25, -0.2) is 13.9 Å². The molecule has 0 bridgehead atoms. The Labute approximate surface area is 163 Å². The van der Waals surface area contributed by atoms with Crippen molar-refractivity contribution in [3.8, 4) is 0 Å². The average molecular weight is 381 g/mol. The van der Waals surface area contributed by atoms with Crippen LogP contribution in [0.15, 0.2) is 24.3 Å². The first-order chi connectivity index (χ1) is 12.1. The van der Waals surface area contributed by atoms with Crippen LogP contribution in [0.3, 0.4) is 0 Å². The van der Waals surface area contributed by atoms with Gasteiger partial charge in [-0.3, -0.25) is 0 Å². The van der Waals surface area contributed by atoms with E-state index < -0.39 is 0 Å². The molecular formula is C21H33ClN2O2. The van der Waals surface area contributed by atoms with E-state index in [4.69, 9.17) is 4.74 Å². The molecule has 4 nitrogen and oxygen atoms in total. The van der Waals surface area contributed by atoms with Crippen molar-refractivity contribution in [1.82, 2.24) is 4.57 Å². The summed E-state index contributed by atoms with van der Waals surface area (Å²) in [6.45, 7) is 5.10. The number of carbonyl (C=O) groups is 1. The average Bonchev–Trinajstić information content (AvgIpc) is 2.86. The van der Waals surface area contributed by atoms with Gasteiger partial charge in [0.1, 0.15) is 0 Å². The van der Waals surface area contributed by atoms with Crippen LogP contribution in [0.4, 0.5) is 0 Å². The Hall–Kier alpha value is -1.55. The highest BCUT2D eigenvalue weighted by Gasteiger charge is 2.21. The third-order valence-electron chi connectivity index (χ3n) is 4.96. The van der Waals surface area contributed by atoms with Crippen LogP contribution in [0.25, 0.3) is 11.0 Å². The highest BCUT2D eigenvalue weighted by molar-refractivity contribution is 5.76. The fourth-order valence-electron chi connectivity index (χ4n) is 3.30. The second-order valence-electron chi connectivity index (χ2n) is 6.88. The van der Waals surface area contributed by atoms with E-state index in [1.165, 1.54) is 38.5 Å². The predicted molar refractivity (Wildman–Crippen MR) is 101 cm³/mol. The summed E-state index contributed by atoms with van der Waals surface area (Å²) in [5.41, 5.74) is 2.21. The molecule has 0 unspecified atom stereocenters. The number of hydrogen-bond donors (Lipinski definition) is 0. The minimum absolute atomic E-state index is 0. The van der Waals surface area contributed by atoms with E-state index in [-0.39, 0.29) is 24.9 Å². The summed E-state index contributed by atoms with van der Waals surface area (Å²) in [4.78, 5) is 12.2. The molecule has 1 heterocycles. The Kier molecular flexibility index (Phi) is 10.3. The first-order valence-corrected chi connectivity index (χ1v) is 9.74. The number of halogens is 1. The molecule has 0 saturated carbocycles. The number of rotatable bonds is 11. The maximum Gasteiger partial charge on any atom is 0.348 e. The number of aryl methyl sites for hydroxylation is 1. The van der Waals surface area contributed by atoms with Crippen molar-refractivity contribution in [2.45, 2.75) is 71.8 Å². The number of imidazole rings is 1. The van der Waals surface area contributed by atoms with Crippen molar-refractivity contribution in [3.05, 3.63) is 30.1 Å². The normalized spacial score (nSPS) is 10.7. The van der Waals surface area contributed by atoms with Crippen LogP contribution >= 0.6 is 0 Å². The van der Waals surface area contributed by atoms with Gasteiger partial charge in [-0.2, -0.15) is 0 Å². The fourth-order valence-corrected chi connectivity index (χ4v) is 3.30. The Morgan fingerprint density at radius 3 is 2.35 bits per heavy atom. The summed E-state index contributed by atoms with van der Waals surface area (Å²) >= 11 is 0. The van der Waals surface area contributed by atoms with Gasteiger partial charge in [-0.15, -0.1) is 0 Å². The van der Waals surface area contributed by atoms with Crippen LogP contribution in [0.2, 0.25) is 0 Å². The van der Waals surface area contributed by atoms with E-state index in [0.29, 0.717) is 6.61 Å². The van der Waals surface area contributed by atoms with Crippen LogP contribution < -0.4 is 17.0 Å². The second-order valence-corrected chi connectivity index (χ2v) is 6.88. The summed E-state index contributed by atoms with van der Waals surface area (Å²) in [6.07, 6.45) is 10.0. The zero-order chi connectivity index (χ0) is 18.1. The molecule has 1 aromatic carbocycles. The smallest absolute Gasteiger partial charge is 0.348 e. The molecule has 0 spiro atoms. The molecule has 2 aromatic rings. The topological polar surface area (TPSA) is 35.1 Å². The molecule has 0 fully saturated rings. The minimum atomic E-state index is -0.146. The number of para-hydroxylation sites is 2. The lowest BCUT2D eigenvalue weighted by Crippen LogP contribution is -3.00. The van der Waals surface area contributed by atoms with Crippen molar-refractivity contribution in [1.29, 1.82) is 0 Å². The highest BCUT2D eigenvalue weighted by atomic mass is 35.5. The summed E-state index contributed by atoms with van der Waals surface area (Å²) < 4.78 is 9.58. The van der Waals surface area contributed by atoms with Crippen molar-refractivity contribution in [2.24, 2.45) is 7.05 Å². The van der Waals surface area contributed by atoms with E-state index in [2.05, 4.69) is 17.6 Å². The molecule has 1 aromatic heterocycles. The molecule has 5 heteroatoms. The summed E-state index contributed by atoms with van der Waals surface area (Å²) in [7, 11) is 2.03. The zero-order valence-electron chi connectivity index (χ0n) is 16.5. The van der Waals surface area contributed by atoms with Crippen LogP contribution in [-0.2, 0) is 23.1 Å². The molecule has 0 aliphatic rings. The van der Waals surface area contributed by atoms with Crippen LogP contribution in [0.5, 0.6) is 0 Å². The largest absolute Gasteiger partial charge is 1.00 e. The quantitative estimate of drug-likeness (QED) is 0.336. The molecule has 146 valence electrons. The molecule has 0 amide bonds. The zero-order valence-corrected chi connectivity index (χ0v) is 17.2. The van der Waals surface area contributed by atoms with Crippen LogP contribution in [0.1, 0.15) is 64.1 Å². The third-order valence-corrected chi connectivity index (χ3v) is 4.96. The Morgan fingerprint density at radius 2 is 1.65 bits per heavy atom. The number of ether oxygens (including phenoxy) is 1. The highest BCUT2D eigenvalue weighted by Crippen LogP contribution is 2.13. The molecule has 0 saturated heterocycles. The van der Waals surface area contributed by atoms with Gasteiger partial charge in [0, 0.05) is 6.92 Å². The van der Waals surface area contributed by atoms with Crippen LogP contribution in [-0.4, -0.2) is 17.1 Å². The maximum absolute atomic E-state index is 12.2. The van der Waals surface area contributed by atoms with Gasteiger partial charge in [0.25, 0.3) is 5.82 Å². The minimum Gasteiger partial charge on any atom is -1.00 e. The van der Waals surface area contributed by atoms with Crippen molar-refractivity contribution in [3.63, 3.8) is 0 Å². The van der Waals surface area contributed by atoms with Gasteiger partial charge in [0.05, 0.1) is 13.7 Å². The van der Waals surface area contributed by atoms with E-state index in [9.17, 15) is 4.79 Å². The Morgan fingerprint density at radius 1 is 1.04 bits per heavy atom. The van der Waals surface area contributed by atoms with Crippen LogP contribution in [0, 0.1) is 6.92 Å². The number of unbranched alkanes of at least 4 members (excludes halogenated alkanes) is 7. The number of benzene rings is 1. The molecule has 0 N–H and O–H groups in total. The standard InChI is InChI=1S/C21H33N2O2.ClH/c1-4-5-6-7-8-9-10-13-16-25-21(24)17-23-18(2)22(3)19-14-11-12-15-20(19)23;/h11-12,14-15H,4-10,13,16-17H2,1-3H3;1H/q+1;/p-1. The van der Waals surface area contributed by atoms with Crippen molar-refractivity contribution in [2.75, 3.05) is 6.61 Å². The summed E-state index contributed by atoms with van der Waals surface area (Å²) in [5.74, 6) is 0.914. The summed E-state index contributed by atoms with van der Waals surface area (Å²) in [6, 6.07) is 8.15. The van der Waals surface area contributed by atoms with Gasteiger partial charge in [0.15, 0.2) is 17.6 Å². The number of carbonyl (C=O) groups excluding carboxylic acids is 1. The Bertz CT molecular complexity index is 682. The van der Waals surface area contributed by atoms with Gasteiger partial charge in [-0.1, -0.05) is 64.0 Å². The number of aromatic nitrogens is 2. The lowest BCUT2D eigenvalue weighted by atomic mass is 10.1. The van der Waals surface area contributed by atoms with Gasteiger partial charge < -0.3 is 17.1 Å².